The number of rotatable bonds is 5. The van der Waals surface area contributed by atoms with Crippen LogP contribution < -0.4 is 4.72 Å². The molecule has 0 unspecified atom stereocenters. The molecular weight excluding hydrogens is 306 g/mol. The molecule has 0 heterocycles. The van der Waals surface area contributed by atoms with Gasteiger partial charge in [0.2, 0.25) is 5.91 Å². The minimum atomic E-state index is -3.77. The molecule has 17 heavy (non-hydrogen) atoms. The quantitative estimate of drug-likeness (QED) is 0.906. The van der Waals surface area contributed by atoms with Gasteiger partial charge in [0, 0.05) is 10.9 Å². The van der Waals surface area contributed by atoms with Crippen molar-refractivity contribution in [3.63, 3.8) is 0 Å². The van der Waals surface area contributed by atoms with Crippen LogP contribution in [-0.4, -0.2) is 14.3 Å². The van der Waals surface area contributed by atoms with E-state index in [4.69, 9.17) is 0 Å². The number of hydrogen-bond donors (Lipinski definition) is 1. The highest BCUT2D eigenvalue weighted by Gasteiger charge is 2.19. The average Bonchev–Trinajstić information content (AvgIpc) is 2.26. The first-order chi connectivity index (χ1) is 7.97. The van der Waals surface area contributed by atoms with Gasteiger partial charge in [0.05, 0.1) is 0 Å². The Morgan fingerprint density at radius 1 is 1.35 bits per heavy atom. The van der Waals surface area contributed by atoms with Crippen molar-refractivity contribution in [1.29, 1.82) is 0 Å². The van der Waals surface area contributed by atoms with E-state index in [1.807, 2.05) is 6.92 Å². The second-order valence-corrected chi connectivity index (χ2v) is 6.07. The molecule has 0 radical (unpaired) electrons. The highest BCUT2D eigenvalue weighted by atomic mass is 79.9. The molecule has 94 valence electrons. The van der Waals surface area contributed by atoms with Crippen LogP contribution in [-0.2, 0) is 14.8 Å². The molecule has 1 N–H and O–H groups in total. The fourth-order valence-electron chi connectivity index (χ4n) is 1.26. The molecule has 0 saturated heterocycles. The Morgan fingerprint density at radius 3 is 2.59 bits per heavy atom. The Balaban J connectivity index is 2.83. The first-order valence-electron chi connectivity index (χ1n) is 5.27. The third-order valence-electron chi connectivity index (χ3n) is 2.13. The molecule has 1 rings (SSSR count). The van der Waals surface area contributed by atoms with Gasteiger partial charge in [-0.1, -0.05) is 25.5 Å². The minimum absolute atomic E-state index is 0.0739. The minimum Gasteiger partial charge on any atom is -0.274 e. The van der Waals surface area contributed by atoms with Gasteiger partial charge in [-0.15, -0.1) is 0 Å². The summed E-state index contributed by atoms with van der Waals surface area (Å²) in [6, 6.07) is 6.38. The molecule has 0 aliphatic heterocycles. The van der Waals surface area contributed by atoms with Crippen LogP contribution in [0.5, 0.6) is 0 Å². The van der Waals surface area contributed by atoms with E-state index in [0.717, 1.165) is 6.42 Å². The lowest BCUT2D eigenvalue weighted by atomic mass is 10.2. The van der Waals surface area contributed by atoms with E-state index in [1.165, 1.54) is 6.07 Å². The number of carbonyl (C=O) groups excluding carboxylic acids is 1. The van der Waals surface area contributed by atoms with E-state index in [0.29, 0.717) is 10.9 Å². The largest absolute Gasteiger partial charge is 0.274 e. The van der Waals surface area contributed by atoms with E-state index in [1.54, 1.807) is 18.2 Å². The molecule has 1 aromatic rings. The SMILES string of the molecule is CCCCC(=O)NS(=O)(=O)c1ccccc1Br. The van der Waals surface area contributed by atoms with Crippen molar-refractivity contribution in [3.05, 3.63) is 28.7 Å². The van der Waals surface area contributed by atoms with Gasteiger partial charge in [-0.05, 0) is 34.5 Å². The van der Waals surface area contributed by atoms with Crippen LogP contribution in [0, 0.1) is 0 Å². The third-order valence-corrected chi connectivity index (χ3v) is 4.52. The molecule has 0 spiro atoms. The van der Waals surface area contributed by atoms with Crippen LogP contribution in [0.1, 0.15) is 26.2 Å². The van der Waals surface area contributed by atoms with Gasteiger partial charge < -0.3 is 0 Å². The van der Waals surface area contributed by atoms with Gasteiger partial charge in [-0.2, -0.15) is 0 Å². The Hall–Kier alpha value is -0.880. The standard InChI is InChI=1S/C11H14BrNO3S/c1-2-3-8-11(14)13-17(15,16)10-7-5-4-6-9(10)12/h4-7H,2-3,8H2,1H3,(H,13,14). The summed E-state index contributed by atoms with van der Waals surface area (Å²) < 4.78 is 26.2. The molecule has 4 nitrogen and oxygen atoms in total. The fraction of sp³-hybridized carbons (Fsp3) is 0.364. The molecule has 0 atom stereocenters. The van der Waals surface area contributed by atoms with Crippen molar-refractivity contribution in [1.82, 2.24) is 4.72 Å². The zero-order valence-electron chi connectivity index (χ0n) is 9.44. The summed E-state index contributed by atoms with van der Waals surface area (Å²) in [6.07, 6.45) is 1.75. The van der Waals surface area contributed by atoms with Gasteiger partial charge in [-0.25, -0.2) is 13.1 Å². The number of amides is 1. The summed E-state index contributed by atoms with van der Waals surface area (Å²) in [5.74, 6) is -0.470. The number of hydrogen-bond acceptors (Lipinski definition) is 3. The average molecular weight is 320 g/mol. The molecule has 0 aromatic heterocycles. The van der Waals surface area contributed by atoms with Crippen LogP contribution in [0.3, 0.4) is 0 Å². The van der Waals surface area contributed by atoms with Crippen LogP contribution >= 0.6 is 15.9 Å². The molecule has 0 aliphatic rings. The lowest BCUT2D eigenvalue weighted by molar-refractivity contribution is -0.119. The molecule has 1 aromatic carbocycles. The van der Waals surface area contributed by atoms with Crippen LogP contribution in [0.4, 0.5) is 0 Å². The number of carbonyl (C=O) groups is 1. The molecule has 0 fully saturated rings. The number of unbranched alkanes of at least 4 members (excludes halogenated alkanes) is 1. The Kier molecular flexibility index (Phi) is 5.14. The van der Waals surface area contributed by atoms with Crippen molar-refractivity contribution < 1.29 is 13.2 Å². The van der Waals surface area contributed by atoms with Gasteiger partial charge >= 0.3 is 0 Å². The van der Waals surface area contributed by atoms with Gasteiger partial charge in [0.25, 0.3) is 10.0 Å². The number of sulfonamides is 1. The van der Waals surface area contributed by atoms with E-state index < -0.39 is 15.9 Å². The second kappa shape index (κ2) is 6.16. The van der Waals surface area contributed by atoms with Gasteiger partial charge in [0.1, 0.15) is 4.90 Å². The van der Waals surface area contributed by atoms with Crippen molar-refractivity contribution in [2.24, 2.45) is 0 Å². The van der Waals surface area contributed by atoms with Crippen molar-refractivity contribution in [2.45, 2.75) is 31.1 Å². The Bertz CT molecular complexity index is 499. The van der Waals surface area contributed by atoms with Crippen molar-refractivity contribution in [3.8, 4) is 0 Å². The van der Waals surface area contributed by atoms with Gasteiger partial charge in [-0.3, -0.25) is 4.79 Å². The molecule has 6 heteroatoms. The normalized spacial score (nSPS) is 11.2. The summed E-state index contributed by atoms with van der Waals surface area (Å²) in [5, 5.41) is 0. The zero-order chi connectivity index (χ0) is 12.9. The van der Waals surface area contributed by atoms with E-state index in [-0.39, 0.29) is 11.3 Å². The smallest absolute Gasteiger partial charge is 0.265 e. The topological polar surface area (TPSA) is 63.2 Å². The summed E-state index contributed by atoms with van der Waals surface area (Å²) in [6.45, 7) is 1.94. The maximum atomic E-state index is 11.9. The lowest BCUT2D eigenvalue weighted by Crippen LogP contribution is -2.30. The number of benzene rings is 1. The first-order valence-corrected chi connectivity index (χ1v) is 7.55. The van der Waals surface area contributed by atoms with Crippen LogP contribution in [0.25, 0.3) is 0 Å². The summed E-state index contributed by atoms with van der Waals surface area (Å²) in [7, 11) is -3.77. The van der Waals surface area contributed by atoms with Crippen molar-refractivity contribution in [2.75, 3.05) is 0 Å². The Morgan fingerprint density at radius 2 is 2.00 bits per heavy atom. The molecule has 1 amide bonds. The Labute approximate surface area is 110 Å². The third kappa shape index (κ3) is 4.12. The van der Waals surface area contributed by atoms with Crippen LogP contribution in [0.2, 0.25) is 0 Å². The lowest BCUT2D eigenvalue weighted by Gasteiger charge is -2.07. The maximum absolute atomic E-state index is 11.9. The number of nitrogens with one attached hydrogen (secondary N) is 1. The predicted molar refractivity (Wildman–Crippen MR) is 69.0 cm³/mol. The monoisotopic (exact) mass is 319 g/mol. The fourth-order valence-corrected chi connectivity index (χ4v) is 3.27. The molecular formula is C11H14BrNO3S. The molecule has 0 aliphatic carbocycles. The summed E-state index contributed by atoms with van der Waals surface area (Å²) in [4.78, 5) is 11.5. The predicted octanol–water partition coefficient (Wildman–Crippen LogP) is 2.44. The van der Waals surface area contributed by atoms with E-state index >= 15 is 0 Å². The van der Waals surface area contributed by atoms with E-state index in [9.17, 15) is 13.2 Å². The van der Waals surface area contributed by atoms with E-state index in [2.05, 4.69) is 20.7 Å². The van der Waals surface area contributed by atoms with Crippen LogP contribution in [0.15, 0.2) is 33.6 Å². The molecule has 0 bridgehead atoms. The second-order valence-electron chi connectivity index (χ2n) is 3.56. The maximum Gasteiger partial charge on any atom is 0.265 e. The highest BCUT2D eigenvalue weighted by molar-refractivity contribution is 9.10. The number of halogens is 1. The van der Waals surface area contributed by atoms with Crippen molar-refractivity contribution >= 4 is 31.9 Å². The zero-order valence-corrected chi connectivity index (χ0v) is 11.8. The summed E-state index contributed by atoms with van der Waals surface area (Å²) in [5.41, 5.74) is 0. The van der Waals surface area contributed by atoms with Gasteiger partial charge in [0.15, 0.2) is 0 Å². The molecule has 0 saturated carbocycles. The highest BCUT2D eigenvalue weighted by Crippen LogP contribution is 2.20. The summed E-state index contributed by atoms with van der Waals surface area (Å²) >= 11 is 3.14. The first kappa shape index (κ1) is 14.2.